The summed E-state index contributed by atoms with van der Waals surface area (Å²) in [5.41, 5.74) is 16.1. The molecule has 0 aliphatic heterocycles. The van der Waals surface area contributed by atoms with Crippen molar-refractivity contribution in [3.05, 3.63) is 239 Å². The summed E-state index contributed by atoms with van der Waals surface area (Å²) in [5.74, 6) is 0.912. The number of nitrogens with zero attached hydrogens (tertiary/aromatic N) is 1. The Morgan fingerprint density at radius 3 is 1.87 bits per heavy atom. The predicted octanol–water partition coefficient (Wildman–Crippen LogP) is 13.0. The summed E-state index contributed by atoms with van der Waals surface area (Å²) in [6.07, 6.45) is 18.9. The Hall–Kier alpha value is -6.31. The van der Waals surface area contributed by atoms with E-state index in [1.54, 1.807) is 0 Å². The predicted molar refractivity (Wildman–Crippen MR) is 226 cm³/mol. The first kappa shape index (κ1) is 33.8. The van der Waals surface area contributed by atoms with Gasteiger partial charge in [0.15, 0.2) is 0 Å². The minimum atomic E-state index is 0.446. The second-order valence-electron chi connectivity index (χ2n) is 13.9. The maximum atomic E-state index is 5.12. The van der Waals surface area contributed by atoms with Crippen LogP contribution in [-0.2, 0) is 13.0 Å². The number of fused-ring (bicyclic) bond motifs is 1. The monoisotopic (exact) mass is 681 g/mol. The highest BCUT2D eigenvalue weighted by atomic mass is 14.7. The molecule has 6 aromatic carbocycles. The zero-order valence-corrected chi connectivity index (χ0v) is 30.1. The standard InChI is InChI=1S/C52H43N/c1-38-49-18-10-8-16-46(49)33-34-50(38)51-19-11-9-17-48(51)36-40-20-25-43(26-21-40)44-27-22-41(23-28-44)37-53-52(35-24-39-12-4-2-5-13-39)47-31-29-45(30-32-47)42-14-6-3-7-15-42/h2-35,46,49H,36-37H2,1H3/b35-24+,53-52+. The number of hydrogen-bond donors (Lipinski definition) is 0. The largest absolute Gasteiger partial charge is 0.280 e. The van der Waals surface area contributed by atoms with Gasteiger partial charge in [0.2, 0.25) is 0 Å². The highest BCUT2D eigenvalue weighted by molar-refractivity contribution is 6.11. The van der Waals surface area contributed by atoms with Crippen molar-refractivity contribution in [2.75, 3.05) is 0 Å². The lowest BCUT2D eigenvalue weighted by atomic mass is 9.75. The zero-order chi connectivity index (χ0) is 35.8. The van der Waals surface area contributed by atoms with Gasteiger partial charge in [-0.25, -0.2) is 0 Å². The van der Waals surface area contributed by atoms with Gasteiger partial charge < -0.3 is 0 Å². The van der Waals surface area contributed by atoms with E-state index in [2.05, 4.69) is 207 Å². The van der Waals surface area contributed by atoms with Crippen molar-refractivity contribution in [3.63, 3.8) is 0 Å². The molecule has 53 heavy (non-hydrogen) atoms. The molecule has 2 aliphatic rings. The zero-order valence-electron chi connectivity index (χ0n) is 30.1. The highest BCUT2D eigenvalue weighted by Crippen LogP contribution is 2.39. The summed E-state index contributed by atoms with van der Waals surface area (Å²) in [7, 11) is 0. The van der Waals surface area contributed by atoms with Gasteiger partial charge in [0.25, 0.3) is 0 Å². The fraction of sp³-hybridized carbons (Fsp3) is 0.0962. The van der Waals surface area contributed by atoms with Crippen LogP contribution in [0.1, 0.15) is 40.3 Å². The first-order valence-electron chi connectivity index (χ1n) is 18.6. The minimum Gasteiger partial charge on any atom is -0.280 e. The molecule has 0 aromatic heterocycles. The smallest absolute Gasteiger partial charge is 0.0650 e. The quantitative estimate of drug-likeness (QED) is 0.128. The van der Waals surface area contributed by atoms with Crippen LogP contribution >= 0.6 is 0 Å². The summed E-state index contributed by atoms with van der Waals surface area (Å²) in [5, 5.41) is 0. The summed E-state index contributed by atoms with van der Waals surface area (Å²) in [6, 6.07) is 56.4. The van der Waals surface area contributed by atoms with Crippen molar-refractivity contribution in [1.82, 2.24) is 0 Å². The summed E-state index contributed by atoms with van der Waals surface area (Å²) in [6.45, 7) is 2.91. The van der Waals surface area contributed by atoms with E-state index in [9.17, 15) is 0 Å². The van der Waals surface area contributed by atoms with Crippen molar-refractivity contribution < 1.29 is 0 Å². The van der Waals surface area contributed by atoms with Crippen LogP contribution < -0.4 is 0 Å². The average Bonchev–Trinajstić information content (AvgIpc) is 3.23. The molecule has 1 heteroatoms. The van der Waals surface area contributed by atoms with Gasteiger partial charge in [0, 0.05) is 11.8 Å². The Balaban J connectivity index is 0.971. The molecule has 0 bridgehead atoms. The van der Waals surface area contributed by atoms with Gasteiger partial charge in [-0.15, -0.1) is 0 Å². The van der Waals surface area contributed by atoms with Crippen LogP contribution in [0.15, 0.2) is 211 Å². The van der Waals surface area contributed by atoms with Gasteiger partial charge in [-0.1, -0.05) is 206 Å². The highest BCUT2D eigenvalue weighted by Gasteiger charge is 2.24. The molecular weight excluding hydrogens is 639 g/mol. The van der Waals surface area contributed by atoms with Crippen molar-refractivity contribution in [2.24, 2.45) is 16.8 Å². The second kappa shape index (κ2) is 15.9. The summed E-state index contributed by atoms with van der Waals surface area (Å²) < 4.78 is 0. The number of aliphatic imine (C=N–C) groups is 1. The molecule has 0 amide bonds. The number of benzene rings is 6. The molecule has 1 nitrogen and oxygen atoms in total. The molecular formula is C52H43N. The van der Waals surface area contributed by atoms with Gasteiger partial charge >= 0.3 is 0 Å². The molecule has 0 spiro atoms. The normalized spacial score (nSPS) is 16.7. The Morgan fingerprint density at radius 1 is 0.566 bits per heavy atom. The van der Waals surface area contributed by atoms with E-state index in [0.717, 1.165) is 23.3 Å². The maximum absolute atomic E-state index is 5.12. The Morgan fingerprint density at radius 2 is 1.15 bits per heavy atom. The molecule has 0 saturated carbocycles. The lowest BCUT2D eigenvalue weighted by Crippen LogP contribution is -2.16. The minimum absolute atomic E-state index is 0.446. The average molecular weight is 682 g/mol. The van der Waals surface area contributed by atoms with Crippen LogP contribution in [0.3, 0.4) is 0 Å². The van der Waals surface area contributed by atoms with E-state index < -0.39 is 0 Å². The third kappa shape index (κ3) is 7.96. The van der Waals surface area contributed by atoms with Crippen molar-refractivity contribution in [2.45, 2.75) is 19.9 Å². The fourth-order valence-corrected chi connectivity index (χ4v) is 7.46. The van der Waals surface area contributed by atoms with Crippen LogP contribution in [0.25, 0.3) is 33.9 Å². The first-order valence-corrected chi connectivity index (χ1v) is 18.6. The molecule has 0 radical (unpaired) electrons. The summed E-state index contributed by atoms with van der Waals surface area (Å²) in [4.78, 5) is 5.12. The maximum Gasteiger partial charge on any atom is 0.0650 e. The number of rotatable bonds is 10. The van der Waals surface area contributed by atoms with Gasteiger partial charge in [-0.3, -0.25) is 4.99 Å². The molecule has 0 saturated heterocycles. The summed E-state index contributed by atoms with van der Waals surface area (Å²) >= 11 is 0. The fourth-order valence-electron chi connectivity index (χ4n) is 7.46. The van der Waals surface area contributed by atoms with Crippen LogP contribution in [0, 0.1) is 11.8 Å². The molecule has 8 rings (SSSR count). The van der Waals surface area contributed by atoms with E-state index in [-0.39, 0.29) is 0 Å². The van der Waals surface area contributed by atoms with Gasteiger partial charge in [0.05, 0.1) is 12.3 Å². The topological polar surface area (TPSA) is 12.4 Å². The Labute approximate surface area is 314 Å². The molecule has 0 fully saturated rings. The third-order valence-corrected chi connectivity index (χ3v) is 10.5. The molecule has 2 unspecified atom stereocenters. The molecule has 0 heterocycles. The first-order chi connectivity index (χ1) is 26.2. The van der Waals surface area contributed by atoms with Crippen molar-refractivity contribution in [1.29, 1.82) is 0 Å². The van der Waals surface area contributed by atoms with Crippen LogP contribution in [-0.4, -0.2) is 5.71 Å². The SMILES string of the molecule is CC1=C(c2ccccc2Cc2ccc(-c3ccc(C/N=C(\C=C\c4ccccc4)c4ccc(-c5ccccc5)cc4)cc3)cc2)C=CC2C=CC=CC12. The van der Waals surface area contributed by atoms with E-state index >= 15 is 0 Å². The van der Waals surface area contributed by atoms with E-state index in [4.69, 9.17) is 4.99 Å². The lowest BCUT2D eigenvalue weighted by Gasteiger charge is -2.29. The van der Waals surface area contributed by atoms with E-state index in [0.29, 0.717) is 18.4 Å². The number of hydrogen-bond acceptors (Lipinski definition) is 1. The Kier molecular flexibility index (Phi) is 10.2. The van der Waals surface area contributed by atoms with E-state index in [1.165, 1.54) is 55.7 Å². The molecule has 256 valence electrons. The van der Waals surface area contributed by atoms with E-state index in [1.807, 2.05) is 6.07 Å². The van der Waals surface area contributed by atoms with Crippen LogP contribution in [0.2, 0.25) is 0 Å². The van der Waals surface area contributed by atoms with Crippen molar-refractivity contribution >= 4 is 17.4 Å². The molecule has 2 atom stereocenters. The lowest BCUT2D eigenvalue weighted by molar-refractivity contribution is 0.627. The van der Waals surface area contributed by atoms with Crippen LogP contribution in [0.5, 0.6) is 0 Å². The molecule has 6 aromatic rings. The third-order valence-electron chi connectivity index (χ3n) is 10.5. The van der Waals surface area contributed by atoms with Gasteiger partial charge in [0.1, 0.15) is 0 Å². The number of allylic oxidation sites excluding steroid dienone is 9. The van der Waals surface area contributed by atoms with Gasteiger partial charge in [-0.2, -0.15) is 0 Å². The molecule has 0 N–H and O–H groups in total. The Bertz CT molecular complexity index is 2350. The molecule has 2 aliphatic carbocycles. The van der Waals surface area contributed by atoms with Crippen LogP contribution in [0.4, 0.5) is 0 Å². The van der Waals surface area contributed by atoms with Gasteiger partial charge in [-0.05, 0) is 80.6 Å². The second-order valence-corrected chi connectivity index (χ2v) is 13.9. The van der Waals surface area contributed by atoms with Crippen molar-refractivity contribution in [3.8, 4) is 22.3 Å².